The van der Waals surface area contributed by atoms with Gasteiger partial charge in [0.1, 0.15) is 5.41 Å². The van der Waals surface area contributed by atoms with Crippen LogP contribution in [0.1, 0.15) is 51.9 Å². The van der Waals surface area contributed by atoms with Gasteiger partial charge in [0.2, 0.25) is 6.41 Å². The number of carbonyl (C=O) groups is 2. The third-order valence-electron chi connectivity index (χ3n) is 4.77. The molecule has 7 nitrogen and oxygen atoms in total. The average Bonchev–Trinajstić information content (AvgIpc) is 3.39. The van der Waals surface area contributed by atoms with Crippen LogP contribution in [-0.2, 0) is 10.2 Å². The van der Waals surface area contributed by atoms with E-state index >= 15 is 0 Å². The Bertz CT molecular complexity index is 894. The van der Waals surface area contributed by atoms with Crippen LogP contribution in [0.5, 0.6) is 0 Å². The van der Waals surface area contributed by atoms with E-state index in [1.54, 1.807) is 17.9 Å². The van der Waals surface area contributed by atoms with E-state index in [0.29, 0.717) is 21.3 Å². The monoisotopic (exact) mass is 473 g/mol. The second-order valence-corrected chi connectivity index (χ2v) is 8.25. The number of aromatic nitrogens is 2. The summed E-state index contributed by atoms with van der Waals surface area (Å²) in [6.45, 7) is 9.44. The van der Waals surface area contributed by atoms with E-state index in [2.05, 4.69) is 21.0 Å². The summed E-state index contributed by atoms with van der Waals surface area (Å²) in [5.74, 6) is 0. The lowest BCUT2D eigenvalue weighted by Crippen LogP contribution is -2.37. The maximum atomic E-state index is 13.3. The number of thiazole rings is 1. The lowest BCUT2D eigenvalue weighted by molar-refractivity contribution is -0.181. The molecule has 1 aliphatic heterocycles. The van der Waals surface area contributed by atoms with Crippen LogP contribution >= 0.6 is 11.3 Å². The number of amides is 3. The highest BCUT2D eigenvalue weighted by molar-refractivity contribution is 7.19. The van der Waals surface area contributed by atoms with E-state index in [-0.39, 0.29) is 18.1 Å². The standard InChI is InChI=1S/C18H21F3N4OS.C2H6.CH3NO/c1-11-14(27-15(23-11)24-16(26)25-8-4-5-9-25)12-6-7-22-13(10-12)17(2,3)18(19,20)21;1-2;2-1-3/h6-7,10H,4-5,8-9H2,1-3H3,(H,23,24,26);1-2H3;1H,(H2,2,3). The molecule has 1 fully saturated rings. The Morgan fingerprint density at radius 3 is 2.34 bits per heavy atom. The van der Waals surface area contributed by atoms with Gasteiger partial charge in [0.25, 0.3) is 0 Å². The van der Waals surface area contributed by atoms with E-state index in [0.717, 1.165) is 39.8 Å². The Morgan fingerprint density at radius 1 is 1.25 bits per heavy atom. The summed E-state index contributed by atoms with van der Waals surface area (Å²) >= 11 is 1.25. The minimum absolute atomic E-state index is 0.0528. The summed E-state index contributed by atoms with van der Waals surface area (Å²) in [6.07, 6.45) is -0.801. The summed E-state index contributed by atoms with van der Waals surface area (Å²) in [5, 5.41) is 3.22. The molecule has 2 aromatic heterocycles. The van der Waals surface area contributed by atoms with Crippen LogP contribution in [0.25, 0.3) is 10.4 Å². The third kappa shape index (κ3) is 6.65. The molecule has 32 heavy (non-hydrogen) atoms. The SMILES string of the molecule is CC.Cc1nc(NC(=O)N2CCCC2)sc1-c1ccnc(C(C)(C)C(F)(F)F)c1.NC=O. The van der Waals surface area contributed by atoms with Crippen molar-refractivity contribution < 1.29 is 22.8 Å². The van der Waals surface area contributed by atoms with E-state index in [1.807, 2.05) is 13.8 Å². The molecule has 0 radical (unpaired) electrons. The van der Waals surface area contributed by atoms with Crippen LogP contribution in [0, 0.1) is 6.92 Å². The van der Waals surface area contributed by atoms with Crippen LogP contribution in [0.3, 0.4) is 0 Å². The predicted octanol–water partition coefficient (Wildman–Crippen LogP) is 5.11. The van der Waals surface area contributed by atoms with Crippen molar-refractivity contribution in [3.05, 3.63) is 29.7 Å². The summed E-state index contributed by atoms with van der Waals surface area (Å²) in [7, 11) is 0. The van der Waals surface area contributed by atoms with Gasteiger partial charge in [0.05, 0.1) is 16.3 Å². The highest BCUT2D eigenvalue weighted by atomic mass is 32.1. The first-order valence-electron chi connectivity index (χ1n) is 10.2. The summed E-state index contributed by atoms with van der Waals surface area (Å²) in [5.41, 5.74) is 3.31. The zero-order valence-corrected chi connectivity index (χ0v) is 19.7. The smallest absolute Gasteiger partial charge is 0.372 e. The van der Waals surface area contributed by atoms with Crippen LogP contribution in [0.15, 0.2) is 18.3 Å². The molecular weight excluding hydrogens is 443 g/mol. The molecule has 1 saturated heterocycles. The quantitative estimate of drug-likeness (QED) is 0.605. The first-order valence-corrected chi connectivity index (χ1v) is 11.0. The number of nitrogens with two attached hydrogens (primary N) is 1. The molecule has 2 aromatic rings. The largest absolute Gasteiger partial charge is 0.399 e. The highest BCUT2D eigenvalue weighted by Crippen LogP contribution is 2.41. The molecule has 3 amide bonds. The van der Waals surface area contributed by atoms with Gasteiger partial charge in [-0.15, -0.1) is 0 Å². The second kappa shape index (κ2) is 11.8. The predicted molar refractivity (Wildman–Crippen MR) is 121 cm³/mol. The Morgan fingerprint density at radius 2 is 1.81 bits per heavy atom. The average molecular weight is 474 g/mol. The molecule has 3 rings (SSSR count). The van der Waals surface area contributed by atoms with Crippen molar-refractivity contribution in [1.82, 2.24) is 14.9 Å². The fourth-order valence-corrected chi connectivity index (χ4v) is 3.82. The van der Waals surface area contributed by atoms with Gasteiger partial charge >= 0.3 is 12.2 Å². The number of pyridine rings is 1. The lowest BCUT2D eigenvalue weighted by Gasteiger charge is -2.27. The molecule has 1 aliphatic rings. The number of aryl methyl sites for hydroxylation is 1. The Labute approximate surface area is 190 Å². The van der Waals surface area contributed by atoms with Gasteiger partial charge in [0.15, 0.2) is 5.13 Å². The number of alkyl halides is 3. The molecule has 0 spiro atoms. The molecule has 3 N–H and O–H groups in total. The van der Waals surface area contributed by atoms with E-state index in [4.69, 9.17) is 4.79 Å². The van der Waals surface area contributed by atoms with Crippen molar-refractivity contribution in [3.8, 4) is 10.4 Å². The Balaban J connectivity index is 0.000000944. The number of urea groups is 1. The van der Waals surface area contributed by atoms with Crippen molar-refractivity contribution in [2.24, 2.45) is 5.73 Å². The number of nitrogens with zero attached hydrogens (tertiary/aromatic N) is 3. The van der Waals surface area contributed by atoms with Crippen molar-refractivity contribution in [2.45, 2.75) is 59.1 Å². The number of nitrogens with one attached hydrogen (secondary N) is 1. The molecular formula is C21H30F3N5O2S. The number of hydrogen-bond donors (Lipinski definition) is 2. The van der Waals surface area contributed by atoms with E-state index < -0.39 is 11.6 Å². The summed E-state index contributed by atoms with van der Waals surface area (Å²) < 4.78 is 40.0. The van der Waals surface area contributed by atoms with Gasteiger partial charge in [-0.2, -0.15) is 13.2 Å². The minimum Gasteiger partial charge on any atom is -0.372 e. The van der Waals surface area contributed by atoms with Gasteiger partial charge in [0, 0.05) is 19.3 Å². The molecule has 11 heteroatoms. The third-order valence-corrected chi connectivity index (χ3v) is 5.90. The molecule has 0 unspecified atom stereocenters. The summed E-state index contributed by atoms with van der Waals surface area (Å²) in [6, 6.07) is 2.91. The molecule has 0 aliphatic carbocycles. The van der Waals surface area contributed by atoms with Crippen molar-refractivity contribution in [1.29, 1.82) is 0 Å². The molecule has 0 aromatic carbocycles. The first kappa shape index (κ1) is 27.3. The number of anilines is 1. The Hall–Kier alpha value is -2.69. The normalized spacial score (nSPS) is 13.4. The van der Waals surface area contributed by atoms with Crippen LogP contribution < -0.4 is 11.1 Å². The number of primary amides is 1. The Kier molecular flexibility index (Phi) is 10.1. The highest BCUT2D eigenvalue weighted by Gasteiger charge is 2.49. The van der Waals surface area contributed by atoms with E-state index in [1.165, 1.54) is 23.6 Å². The zero-order chi connectivity index (χ0) is 24.5. The first-order chi connectivity index (χ1) is 15.0. The van der Waals surface area contributed by atoms with Crippen molar-refractivity contribution in [2.75, 3.05) is 18.4 Å². The number of hydrogen-bond acceptors (Lipinski definition) is 5. The second-order valence-electron chi connectivity index (χ2n) is 7.25. The van der Waals surface area contributed by atoms with Gasteiger partial charge in [-0.05, 0) is 51.3 Å². The van der Waals surface area contributed by atoms with E-state index in [9.17, 15) is 18.0 Å². The van der Waals surface area contributed by atoms with Crippen molar-refractivity contribution >= 4 is 28.9 Å². The molecule has 0 atom stereocenters. The molecule has 178 valence electrons. The van der Waals surface area contributed by atoms with Crippen molar-refractivity contribution in [3.63, 3.8) is 0 Å². The lowest BCUT2D eigenvalue weighted by atomic mass is 9.87. The van der Waals surface area contributed by atoms with Crippen LogP contribution in [0.2, 0.25) is 0 Å². The molecule has 3 heterocycles. The number of halogens is 3. The summed E-state index contributed by atoms with van der Waals surface area (Å²) in [4.78, 5) is 31.5. The minimum atomic E-state index is -4.41. The van der Waals surface area contributed by atoms with Gasteiger partial charge < -0.3 is 10.6 Å². The fraction of sp³-hybridized carbons (Fsp3) is 0.524. The number of carbonyl (C=O) groups excluding carboxylic acids is 2. The zero-order valence-electron chi connectivity index (χ0n) is 18.9. The van der Waals surface area contributed by atoms with Gasteiger partial charge in [-0.1, -0.05) is 25.2 Å². The van der Waals surface area contributed by atoms with Crippen LogP contribution in [-0.4, -0.2) is 46.6 Å². The fourth-order valence-electron chi connectivity index (χ4n) is 2.87. The maximum absolute atomic E-state index is 13.3. The number of rotatable bonds is 3. The number of likely N-dealkylation sites (tertiary alicyclic amines) is 1. The molecule has 0 saturated carbocycles. The van der Waals surface area contributed by atoms with Gasteiger partial charge in [-0.25, -0.2) is 9.78 Å². The van der Waals surface area contributed by atoms with Gasteiger partial charge in [-0.3, -0.25) is 15.1 Å². The topological polar surface area (TPSA) is 101 Å². The van der Waals surface area contributed by atoms with Crippen LogP contribution in [0.4, 0.5) is 23.1 Å². The maximum Gasteiger partial charge on any atom is 0.399 e. The molecule has 0 bridgehead atoms.